The van der Waals surface area contributed by atoms with Crippen LogP contribution in [0.2, 0.25) is 0 Å². The number of carbonyl (C=O) groups excluding carboxylic acids is 1. The first-order chi connectivity index (χ1) is 7.65. The molecular weight excluding hydrogens is 244 g/mol. The summed E-state index contributed by atoms with van der Waals surface area (Å²) in [5.74, 6) is 0.272. The number of primary amides is 1. The van der Waals surface area contributed by atoms with Crippen LogP contribution in [0.15, 0.2) is 21.0 Å². The summed E-state index contributed by atoms with van der Waals surface area (Å²) in [6, 6.07) is 1.78. The van der Waals surface area contributed by atoms with Gasteiger partial charge in [-0.2, -0.15) is 0 Å². The Balaban J connectivity index is 2.64. The van der Waals surface area contributed by atoms with Crippen molar-refractivity contribution in [1.82, 2.24) is 5.16 Å². The molecule has 0 unspecified atom stereocenters. The topological polar surface area (TPSA) is 69.1 Å². The molecule has 0 saturated heterocycles. The van der Waals surface area contributed by atoms with Crippen molar-refractivity contribution in [3.63, 3.8) is 0 Å². The van der Waals surface area contributed by atoms with Crippen molar-refractivity contribution >= 4 is 29.0 Å². The Hall–Kier alpha value is -1.27. The Morgan fingerprint density at radius 1 is 1.62 bits per heavy atom. The van der Waals surface area contributed by atoms with Crippen molar-refractivity contribution in [3.05, 3.63) is 22.7 Å². The quantitative estimate of drug-likeness (QED) is 0.854. The maximum Gasteiger partial charge on any atom is 0.259 e. The lowest BCUT2D eigenvalue weighted by Crippen LogP contribution is -2.09. The van der Waals surface area contributed by atoms with Gasteiger partial charge in [-0.05, 0) is 18.7 Å². The standard InChI is InChI=1S/C10H10N2O2S2/c1-5-7(6-3-4-12-14-6)10(15-2)16-8(5)9(11)13/h3-4H,1-2H3,(H2,11,13). The number of nitrogens with zero attached hydrogens (tertiary/aromatic N) is 1. The highest BCUT2D eigenvalue weighted by Gasteiger charge is 2.21. The van der Waals surface area contributed by atoms with Crippen molar-refractivity contribution < 1.29 is 9.32 Å². The first-order valence-corrected chi connectivity index (χ1v) is 6.57. The van der Waals surface area contributed by atoms with Crippen LogP contribution in [0.1, 0.15) is 15.2 Å². The van der Waals surface area contributed by atoms with E-state index in [2.05, 4.69) is 5.16 Å². The lowest BCUT2D eigenvalue weighted by Gasteiger charge is -1.97. The highest BCUT2D eigenvalue weighted by molar-refractivity contribution is 8.00. The summed E-state index contributed by atoms with van der Waals surface area (Å²) in [6.45, 7) is 1.87. The SMILES string of the molecule is CSc1sc(C(N)=O)c(C)c1-c1ccno1. The third kappa shape index (κ3) is 1.74. The normalized spacial score (nSPS) is 10.6. The van der Waals surface area contributed by atoms with Crippen LogP contribution in [0.3, 0.4) is 0 Å². The molecule has 2 rings (SSSR count). The van der Waals surface area contributed by atoms with Gasteiger partial charge in [0.1, 0.15) is 0 Å². The molecule has 0 bridgehead atoms. The molecule has 0 atom stereocenters. The molecule has 0 fully saturated rings. The number of nitrogens with two attached hydrogens (primary N) is 1. The molecule has 2 aromatic heterocycles. The Kier molecular flexibility index (Phi) is 3.02. The minimum atomic E-state index is -0.399. The number of hydrogen-bond acceptors (Lipinski definition) is 5. The largest absolute Gasteiger partial charge is 0.365 e. The fourth-order valence-corrected chi connectivity index (χ4v) is 3.43. The maximum absolute atomic E-state index is 11.2. The van der Waals surface area contributed by atoms with Crippen LogP contribution in [-0.2, 0) is 0 Å². The second-order valence-corrected chi connectivity index (χ2v) is 5.26. The highest BCUT2D eigenvalue weighted by atomic mass is 32.2. The summed E-state index contributed by atoms with van der Waals surface area (Å²) in [4.78, 5) is 11.8. The van der Waals surface area contributed by atoms with Crippen LogP contribution in [-0.4, -0.2) is 17.3 Å². The van der Waals surface area contributed by atoms with Gasteiger partial charge in [0.2, 0.25) is 0 Å². The molecule has 0 saturated carbocycles. The fraction of sp³-hybridized carbons (Fsp3) is 0.200. The Morgan fingerprint density at radius 2 is 2.38 bits per heavy atom. The molecule has 0 aromatic carbocycles. The van der Waals surface area contributed by atoms with Crippen molar-refractivity contribution in [2.45, 2.75) is 11.1 Å². The first kappa shape index (κ1) is 11.2. The van der Waals surface area contributed by atoms with E-state index < -0.39 is 5.91 Å². The van der Waals surface area contributed by atoms with E-state index in [4.69, 9.17) is 10.3 Å². The molecule has 0 spiro atoms. The van der Waals surface area contributed by atoms with Gasteiger partial charge in [0.25, 0.3) is 5.91 Å². The van der Waals surface area contributed by atoms with E-state index >= 15 is 0 Å². The van der Waals surface area contributed by atoms with E-state index in [1.807, 2.05) is 13.2 Å². The molecule has 0 aliphatic rings. The number of thiophene rings is 1. The van der Waals surface area contributed by atoms with Crippen LogP contribution in [0.5, 0.6) is 0 Å². The highest BCUT2D eigenvalue weighted by Crippen LogP contribution is 2.41. The van der Waals surface area contributed by atoms with Gasteiger partial charge in [0.05, 0.1) is 15.3 Å². The monoisotopic (exact) mass is 254 g/mol. The van der Waals surface area contributed by atoms with Gasteiger partial charge in [-0.3, -0.25) is 4.79 Å². The average molecular weight is 254 g/mol. The van der Waals surface area contributed by atoms with Crippen molar-refractivity contribution in [2.24, 2.45) is 5.73 Å². The van der Waals surface area contributed by atoms with Crippen LogP contribution in [0.4, 0.5) is 0 Å². The van der Waals surface area contributed by atoms with Gasteiger partial charge in [0.15, 0.2) is 5.76 Å². The van der Waals surface area contributed by atoms with Crippen LogP contribution < -0.4 is 5.73 Å². The second-order valence-electron chi connectivity index (χ2n) is 3.16. The summed E-state index contributed by atoms with van der Waals surface area (Å²) in [5, 5.41) is 3.67. The van der Waals surface area contributed by atoms with E-state index in [9.17, 15) is 4.79 Å². The maximum atomic E-state index is 11.2. The molecular formula is C10H10N2O2S2. The third-order valence-corrected chi connectivity index (χ3v) is 4.63. The van der Waals surface area contributed by atoms with E-state index in [1.165, 1.54) is 11.3 Å². The fourth-order valence-electron chi connectivity index (χ4n) is 1.50. The molecule has 0 aliphatic carbocycles. The van der Waals surface area contributed by atoms with Crippen LogP contribution in [0, 0.1) is 6.92 Å². The van der Waals surface area contributed by atoms with Gasteiger partial charge in [0, 0.05) is 11.6 Å². The lowest BCUT2D eigenvalue weighted by atomic mass is 10.1. The summed E-state index contributed by atoms with van der Waals surface area (Å²) < 4.78 is 6.14. The molecule has 2 heterocycles. The van der Waals surface area contributed by atoms with Gasteiger partial charge in [-0.1, -0.05) is 5.16 Å². The zero-order chi connectivity index (χ0) is 11.7. The zero-order valence-electron chi connectivity index (χ0n) is 8.81. The summed E-state index contributed by atoms with van der Waals surface area (Å²) >= 11 is 2.96. The number of rotatable bonds is 3. The molecule has 2 aromatic rings. The minimum Gasteiger partial charge on any atom is -0.365 e. The second kappa shape index (κ2) is 4.31. The average Bonchev–Trinajstić information content (AvgIpc) is 2.83. The van der Waals surface area contributed by atoms with Crippen molar-refractivity contribution in [1.29, 1.82) is 0 Å². The van der Waals surface area contributed by atoms with Crippen molar-refractivity contribution in [3.8, 4) is 11.3 Å². The molecule has 2 N–H and O–H groups in total. The molecule has 84 valence electrons. The predicted octanol–water partition coefficient (Wildman–Crippen LogP) is 2.53. The number of carbonyl (C=O) groups is 1. The minimum absolute atomic E-state index is 0.399. The van der Waals surface area contributed by atoms with Gasteiger partial charge < -0.3 is 10.3 Å². The number of amides is 1. The summed E-state index contributed by atoms with van der Waals surface area (Å²) in [5.41, 5.74) is 7.10. The third-order valence-electron chi connectivity index (χ3n) is 2.21. The predicted molar refractivity (Wildman–Crippen MR) is 64.9 cm³/mol. The number of aromatic nitrogens is 1. The summed E-state index contributed by atoms with van der Waals surface area (Å²) in [7, 11) is 0. The molecule has 16 heavy (non-hydrogen) atoms. The number of thioether (sulfide) groups is 1. The molecule has 4 nitrogen and oxygen atoms in total. The van der Waals surface area contributed by atoms with Crippen LogP contribution in [0.25, 0.3) is 11.3 Å². The Bertz CT molecular complexity index is 517. The molecule has 6 heteroatoms. The van der Waals surface area contributed by atoms with Crippen molar-refractivity contribution in [2.75, 3.05) is 6.26 Å². The van der Waals surface area contributed by atoms with Gasteiger partial charge in [-0.15, -0.1) is 23.1 Å². The molecule has 1 amide bonds. The molecule has 0 aliphatic heterocycles. The first-order valence-electron chi connectivity index (χ1n) is 4.53. The Morgan fingerprint density at radius 3 is 2.88 bits per heavy atom. The van der Waals surface area contributed by atoms with E-state index in [-0.39, 0.29) is 0 Å². The van der Waals surface area contributed by atoms with Gasteiger partial charge >= 0.3 is 0 Å². The smallest absolute Gasteiger partial charge is 0.259 e. The Labute approximate surface area is 101 Å². The van der Waals surface area contributed by atoms with E-state index in [0.717, 1.165) is 15.3 Å². The van der Waals surface area contributed by atoms with E-state index in [1.54, 1.807) is 24.0 Å². The lowest BCUT2D eigenvalue weighted by molar-refractivity contribution is 0.100. The van der Waals surface area contributed by atoms with E-state index in [0.29, 0.717) is 10.6 Å². The molecule has 0 radical (unpaired) electrons. The number of hydrogen-bond donors (Lipinski definition) is 1. The van der Waals surface area contributed by atoms with Crippen LogP contribution >= 0.6 is 23.1 Å². The zero-order valence-corrected chi connectivity index (χ0v) is 10.4. The summed E-state index contributed by atoms with van der Waals surface area (Å²) in [6.07, 6.45) is 3.54. The van der Waals surface area contributed by atoms with Gasteiger partial charge in [-0.25, -0.2) is 0 Å².